The van der Waals surface area contributed by atoms with E-state index in [1.807, 2.05) is 25.1 Å². The molecule has 21 heavy (non-hydrogen) atoms. The van der Waals surface area contributed by atoms with Gasteiger partial charge in [0.05, 0.1) is 0 Å². The Morgan fingerprint density at radius 1 is 1.19 bits per heavy atom. The Kier molecular flexibility index (Phi) is 5.23. The summed E-state index contributed by atoms with van der Waals surface area (Å²) in [5, 5.41) is 0.484. The lowest BCUT2D eigenvalue weighted by atomic mass is 10.1. The van der Waals surface area contributed by atoms with Gasteiger partial charge in [0.1, 0.15) is 0 Å². The largest absolute Gasteiger partial charge is 0.399 e. The molecule has 0 aliphatic carbocycles. The molecule has 2 rings (SSSR count). The number of carbonyl (C=O) groups is 1. The van der Waals surface area contributed by atoms with E-state index in [1.165, 1.54) is 5.56 Å². The number of hydrogen-bond donors (Lipinski definition) is 1. The van der Waals surface area contributed by atoms with Crippen molar-refractivity contribution in [3.05, 3.63) is 64.7 Å². The lowest BCUT2D eigenvalue weighted by molar-refractivity contribution is 0.0766. The van der Waals surface area contributed by atoms with Gasteiger partial charge < -0.3 is 10.6 Å². The highest BCUT2D eigenvalue weighted by atomic mass is 35.5. The van der Waals surface area contributed by atoms with Crippen LogP contribution < -0.4 is 5.73 Å². The summed E-state index contributed by atoms with van der Waals surface area (Å²) >= 11 is 5.96. The number of benzene rings is 2. The average molecular weight is 303 g/mol. The van der Waals surface area contributed by atoms with Gasteiger partial charge in [-0.25, -0.2) is 0 Å². The Morgan fingerprint density at radius 3 is 2.52 bits per heavy atom. The van der Waals surface area contributed by atoms with Crippen LogP contribution in [0.1, 0.15) is 22.8 Å². The van der Waals surface area contributed by atoms with Crippen molar-refractivity contribution in [2.24, 2.45) is 0 Å². The zero-order chi connectivity index (χ0) is 15.2. The summed E-state index contributed by atoms with van der Waals surface area (Å²) in [7, 11) is 0. The second-order valence-corrected chi connectivity index (χ2v) is 5.33. The zero-order valence-electron chi connectivity index (χ0n) is 12.1. The first-order valence-corrected chi connectivity index (χ1v) is 7.37. The minimum Gasteiger partial charge on any atom is -0.399 e. The van der Waals surface area contributed by atoms with Crippen LogP contribution in [0.25, 0.3) is 0 Å². The van der Waals surface area contributed by atoms with Crippen molar-refractivity contribution in [3.8, 4) is 0 Å². The average Bonchev–Trinajstić information content (AvgIpc) is 2.47. The van der Waals surface area contributed by atoms with E-state index >= 15 is 0 Å². The molecule has 0 heterocycles. The Labute approximate surface area is 130 Å². The lowest BCUT2D eigenvalue weighted by Crippen LogP contribution is -2.32. The standard InChI is InChI=1S/C17H19ClN2O/c1-2-20(9-8-13-6-4-3-5-7-13)17(21)14-10-15(18)12-16(19)11-14/h3-7,10-12H,2,8-9,19H2,1H3. The fourth-order valence-electron chi connectivity index (χ4n) is 2.23. The van der Waals surface area contributed by atoms with Crippen molar-refractivity contribution in [2.45, 2.75) is 13.3 Å². The topological polar surface area (TPSA) is 46.3 Å². The molecule has 2 N–H and O–H groups in total. The molecule has 0 spiro atoms. The number of anilines is 1. The molecule has 3 nitrogen and oxygen atoms in total. The molecule has 0 radical (unpaired) electrons. The van der Waals surface area contributed by atoms with E-state index in [0.29, 0.717) is 29.4 Å². The molecule has 110 valence electrons. The van der Waals surface area contributed by atoms with Crippen LogP contribution in [0.3, 0.4) is 0 Å². The van der Waals surface area contributed by atoms with Crippen LogP contribution in [0.4, 0.5) is 5.69 Å². The summed E-state index contributed by atoms with van der Waals surface area (Å²) in [6, 6.07) is 15.1. The maximum atomic E-state index is 12.5. The van der Waals surface area contributed by atoms with E-state index in [4.69, 9.17) is 17.3 Å². The molecule has 0 aliphatic rings. The van der Waals surface area contributed by atoms with Crippen molar-refractivity contribution in [2.75, 3.05) is 18.8 Å². The number of likely N-dealkylation sites (N-methyl/N-ethyl adjacent to an activating group) is 1. The number of halogens is 1. The molecule has 0 unspecified atom stereocenters. The molecule has 0 aliphatic heterocycles. The molecular weight excluding hydrogens is 284 g/mol. The first-order valence-electron chi connectivity index (χ1n) is 6.99. The minimum atomic E-state index is -0.0392. The van der Waals surface area contributed by atoms with E-state index < -0.39 is 0 Å². The normalized spacial score (nSPS) is 10.4. The van der Waals surface area contributed by atoms with Gasteiger partial charge in [0, 0.05) is 29.4 Å². The second-order valence-electron chi connectivity index (χ2n) is 4.89. The molecule has 0 atom stereocenters. The van der Waals surface area contributed by atoms with Crippen LogP contribution in [0.5, 0.6) is 0 Å². The monoisotopic (exact) mass is 302 g/mol. The molecular formula is C17H19ClN2O. The van der Waals surface area contributed by atoms with Crippen molar-refractivity contribution in [1.82, 2.24) is 4.90 Å². The fraction of sp³-hybridized carbons (Fsp3) is 0.235. The van der Waals surface area contributed by atoms with Gasteiger partial charge in [-0.15, -0.1) is 0 Å². The third-order valence-corrected chi connectivity index (χ3v) is 3.57. The van der Waals surface area contributed by atoms with Gasteiger partial charge in [0.2, 0.25) is 0 Å². The number of carbonyl (C=O) groups excluding carboxylic acids is 1. The quantitative estimate of drug-likeness (QED) is 0.857. The highest BCUT2D eigenvalue weighted by Gasteiger charge is 2.15. The van der Waals surface area contributed by atoms with Gasteiger partial charge in [-0.3, -0.25) is 4.79 Å². The third-order valence-electron chi connectivity index (χ3n) is 3.35. The maximum Gasteiger partial charge on any atom is 0.253 e. The highest BCUT2D eigenvalue weighted by molar-refractivity contribution is 6.31. The van der Waals surface area contributed by atoms with Crippen molar-refractivity contribution in [3.63, 3.8) is 0 Å². The maximum absolute atomic E-state index is 12.5. The fourth-order valence-corrected chi connectivity index (χ4v) is 2.47. The van der Waals surface area contributed by atoms with Gasteiger partial charge in [-0.05, 0) is 37.1 Å². The first kappa shape index (κ1) is 15.4. The second kappa shape index (κ2) is 7.14. The molecule has 2 aromatic rings. The Bertz CT molecular complexity index is 593. The van der Waals surface area contributed by atoms with Gasteiger partial charge in [-0.1, -0.05) is 41.9 Å². The summed E-state index contributed by atoms with van der Waals surface area (Å²) < 4.78 is 0. The SMILES string of the molecule is CCN(CCc1ccccc1)C(=O)c1cc(N)cc(Cl)c1. The third kappa shape index (κ3) is 4.23. The van der Waals surface area contributed by atoms with Gasteiger partial charge >= 0.3 is 0 Å². The van der Waals surface area contributed by atoms with Gasteiger partial charge in [0.15, 0.2) is 0 Å². The molecule has 4 heteroatoms. The van der Waals surface area contributed by atoms with Crippen LogP contribution in [-0.4, -0.2) is 23.9 Å². The predicted molar refractivity (Wildman–Crippen MR) is 87.6 cm³/mol. The van der Waals surface area contributed by atoms with Crippen molar-refractivity contribution < 1.29 is 4.79 Å². The molecule has 0 bridgehead atoms. The minimum absolute atomic E-state index is 0.0392. The summed E-state index contributed by atoms with van der Waals surface area (Å²) in [5.41, 5.74) is 8.01. The molecule has 0 saturated carbocycles. The first-order chi connectivity index (χ1) is 10.1. The Morgan fingerprint density at radius 2 is 1.90 bits per heavy atom. The molecule has 0 aromatic heterocycles. The highest BCUT2D eigenvalue weighted by Crippen LogP contribution is 2.18. The zero-order valence-corrected chi connectivity index (χ0v) is 12.8. The number of amides is 1. The Balaban J connectivity index is 2.08. The van der Waals surface area contributed by atoms with Crippen molar-refractivity contribution in [1.29, 1.82) is 0 Å². The van der Waals surface area contributed by atoms with Crippen LogP contribution in [0, 0.1) is 0 Å². The number of hydrogen-bond acceptors (Lipinski definition) is 2. The van der Waals surface area contributed by atoms with E-state index in [1.54, 1.807) is 23.1 Å². The summed E-state index contributed by atoms with van der Waals surface area (Å²) in [4.78, 5) is 14.3. The van der Waals surface area contributed by atoms with Crippen molar-refractivity contribution >= 4 is 23.2 Å². The number of nitrogens with two attached hydrogens (primary N) is 1. The number of rotatable bonds is 5. The summed E-state index contributed by atoms with van der Waals surface area (Å²) in [6.07, 6.45) is 0.830. The van der Waals surface area contributed by atoms with E-state index in [0.717, 1.165) is 6.42 Å². The van der Waals surface area contributed by atoms with E-state index in [-0.39, 0.29) is 5.91 Å². The molecule has 2 aromatic carbocycles. The molecule has 0 fully saturated rings. The van der Waals surface area contributed by atoms with Crippen LogP contribution in [0.15, 0.2) is 48.5 Å². The van der Waals surface area contributed by atoms with Crippen LogP contribution in [-0.2, 0) is 6.42 Å². The molecule has 1 amide bonds. The Hall–Kier alpha value is -2.00. The van der Waals surface area contributed by atoms with Gasteiger partial charge in [-0.2, -0.15) is 0 Å². The van der Waals surface area contributed by atoms with E-state index in [2.05, 4.69) is 12.1 Å². The smallest absolute Gasteiger partial charge is 0.253 e. The number of nitrogen functional groups attached to an aromatic ring is 1. The number of nitrogens with zero attached hydrogens (tertiary/aromatic N) is 1. The van der Waals surface area contributed by atoms with Gasteiger partial charge in [0.25, 0.3) is 5.91 Å². The van der Waals surface area contributed by atoms with Crippen LogP contribution in [0.2, 0.25) is 5.02 Å². The summed E-state index contributed by atoms with van der Waals surface area (Å²) in [6.45, 7) is 3.29. The lowest BCUT2D eigenvalue weighted by Gasteiger charge is -2.21. The predicted octanol–water partition coefficient (Wildman–Crippen LogP) is 3.63. The summed E-state index contributed by atoms with van der Waals surface area (Å²) in [5.74, 6) is -0.0392. The molecule has 0 saturated heterocycles. The van der Waals surface area contributed by atoms with Crippen LogP contribution >= 0.6 is 11.6 Å². The van der Waals surface area contributed by atoms with E-state index in [9.17, 15) is 4.79 Å².